The third-order valence-corrected chi connectivity index (χ3v) is 5.86. The summed E-state index contributed by atoms with van der Waals surface area (Å²) in [6.07, 6.45) is -0.690. The fourth-order valence-electron chi connectivity index (χ4n) is 3.44. The Morgan fingerprint density at radius 3 is 2.58 bits per heavy atom. The summed E-state index contributed by atoms with van der Waals surface area (Å²) in [6.45, 7) is 1.04. The minimum atomic E-state index is -4.75. The number of aryl methyl sites for hydroxylation is 1. The maximum Gasteiger partial charge on any atom is 0.573 e. The summed E-state index contributed by atoms with van der Waals surface area (Å²) in [5.74, 6) is 0.0104. The van der Waals surface area contributed by atoms with Crippen molar-refractivity contribution in [2.24, 2.45) is 0 Å². The number of aromatic nitrogens is 2. The number of thiazole rings is 1. The van der Waals surface area contributed by atoms with Crippen molar-refractivity contribution >= 4 is 29.0 Å². The Balaban J connectivity index is 1.37. The Labute approximate surface area is 191 Å². The molecule has 1 aliphatic rings. The van der Waals surface area contributed by atoms with E-state index in [0.29, 0.717) is 42.9 Å². The predicted molar refractivity (Wildman–Crippen MR) is 115 cm³/mol. The van der Waals surface area contributed by atoms with Gasteiger partial charge in [-0.2, -0.15) is 0 Å². The van der Waals surface area contributed by atoms with E-state index in [2.05, 4.69) is 14.7 Å². The van der Waals surface area contributed by atoms with Crippen LogP contribution in [0.4, 0.5) is 23.8 Å². The zero-order chi connectivity index (χ0) is 23.4. The molecule has 172 valence electrons. The highest BCUT2D eigenvalue weighted by Crippen LogP contribution is 2.25. The van der Waals surface area contributed by atoms with Gasteiger partial charge in [-0.15, -0.1) is 24.5 Å². The number of amides is 2. The van der Waals surface area contributed by atoms with E-state index in [9.17, 15) is 22.8 Å². The Morgan fingerprint density at radius 1 is 1.09 bits per heavy atom. The lowest BCUT2D eigenvalue weighted by molar-refractivity contribution is -0.274. The second-order valence-electron chi connectivity index (χ2n) is 7.30. The molecule has 3 heterocycles. The Morgan fingerprint density at radius 2 is 1.88 bits per heavy atom. The van der Waals surface area contributed by atoms with Gasteiger partial charge >= 0.3 is 12.4 Å². The summed E-state index contributed by atoms with van der Waals surface area (Å²) >= 11 is 1.50. The molecule has 11 heteroatoms. The van der Waals surface area contributed by atoms with Crippen LogP contribution in [0, 0.1) is 0 Å². The molecule has 1 aliphatic heterocycles. The lowest BCUT2D eigenvalue weighted by Crippen LogP contribution is -2.32. The number of pyridine rings is 1. The fourth-order valence-corrected chi connectivity index (χ4v) is 4.06. The number of alkyl halides is 3. The van der Waals surface area contributed by atoms with Crippen molar-refractivity contribution in [1.82, 2.24) is 14.9 Å². The van der Waals surface area contributed by atoms with Gasteiger partial charge in [0.2, 0.25) is 0 Å². The van der Waals surface area contributed by atoms with Crippen LogP contribution in [0.1, 0.15) is 27.3 Å². The number of carbonyl (C=O) groups excluding carboxylic acids is 2. The number of halogens is 3. The van der Waals surface area contributed by atoms with Gasteiger partial charge in [0.1, 0.15) is 11.6 Å². The monoisotopic (exact) mass is 476 g/mol. The van der Waals surface area contributed by atoms with Crippen LogP contribution in [0.3, 0.4) is 0 Å². The van der Waals surface area contributed by atoms with Crippen LogP contribution < -0.4 is 9.64 Å². The molecule has 0 bridgehead atoms. The normalized spacial score (nSPS) is 14.1. The average molecular weight is 476 g/mol. The topological polar surface area (TPSA) is 75.6 Å². The fraction of sp³-hybridized carbons (Fsp3) is 0.273. The van der Waals surface area contributed by atoms with Crippen LogP contribution >= 0.6 is 11.3 Å². The molecule has 33 heavy (non-hydrogen) atoms. The van der Waals surface area contributed by atoms with Gasteiger partial charge in [0.25, 0.3) is 0 Å². The van der Waals surface area contributed by atoms with Crippen LogP contribution in [-0.4, -0.2) is 46.1 Å². The van der Waals surface area contributed by atoms with Gasteiger partial charge in [0.15, 0.2) is 5.78 Å². The average Bonchev–Trinajstić information content (AvgIpc) is 3.43. The van der Waals surface area contributed by atoms with E-state index in [-0.39, 0.29) is 24.1 Å². The first kappa shape index (κ1) is 22.7. The summed E-state index contributed by atoms with van der Waals surface area (Å²) in [5, 5.41) is 2.75. The second kappa shape index (κ2) is 9.57. The number of rotatable bonds is 8. The third kappa shape index (κ3) is 5.86. The molecule has 0 unspecified atom stereocenters. The number of ketones is 1. The predicted octanol–water partition coefficient (Wildman–Crippen LogP) is 4.69. The second-order valence-corrected chi connectivity index (χ2v) is 8.28. The lowest BCUT2D eigenvalue weighted by Gasteiger charge is -2.18. The van der Waals surface area contributed by atoms with Crippen LogP contribution in [0.15, 0.2) is 54.2 Å². The van der Waals surface area contributed by atoms with E-state index in [1.54, 1.807) is 23.2 Å². The van der Waals surface area contributed by atoms with Gasteiger partial charge in [-0.3, -0.25) is 9.69 Å². The van der Waals surface area contributed by atoms with Gasteiger partial charge in [-0.05, 0) is 29.8 Å². The highest BCUT2D eigenvalue weighted by atomic mass is 32.1. The Kier molecular flexibility index (Phi) is 6.59. The van der Waals surface area contributed by atoms with Gasteiger partial charge in [-0.25, -0.2) is 14.8 Å². The SMILES string of the molecule is O=C(CCc1nccs1)c1ccnc(N2CCN(Cc3ccc(OC(F)(F)F)cc3)C2=O)c1. The van der Waals surface area contributed by atoms with Crippen molar-refractivity contribution < 1.29 is 27.5 Å². The minimum absolute atomic E-state index is 0.0569. The van der Waals surface area contributed by atoms with E-state index in [1.807, 2.05) is 5.38 Å². The summed E-state index contributed by atoms with van der Waals surface area (Å²) < 4.78 is 40.8. The van der Waals surface area contributed by atoms with Crippen molar-refractivity contribution in [2.75, 3.05) is 18.0 Å². The zero-order valence-electron chi connectivity index (χ0n) is 17.3. The van der Waals surface area contributed by atoms with E-state index in [4.69, 9.17) is 0 Å². The lowest BCUT2D eigenvalue weighted by atomic mass is 10.1. The standard InChI is InChI=1S/C22H19F3N4O3S/c23-22(24,25)32-17-3-1-15(2-4-17)14-28-10-11-29(21(28)31)19-13-16(7-8-26-19)18(30)5-6-20-27-9-12-33-20/h1-4,7-9,12-13H,5-6,10-11,14H2. The molecular formula is C22H19F3N4O3S. The number of hydrogen-bond donors (Lipinski definition) is 0. The summed E-state index contributed by atoms with van der Waals surface area (Å²) in [5.41, 5.74) is 1.14. The number of urea groups is 1. The minimum Gasteiger partial charge on any atom is -0.406 e. The number of ether oxygens (including phenoxy) is 1. The van der Waals surface area contributed by atoms with Gasteiger partial charge in [0.05, 0.1) is 5.01 Å². The van der Waals surface area contributed by atoms with Crippen LogP contribution in [0.2, 0.25) is 0 Å². The number of benzene rings is 1. The number of Topliss-reactive ketones (excluding diaryl/α,β-unsaturated/α-hetero) is 1. The van der Waals surface area contributed by atoms with Crippen molar-refractivity contribution in [2.45, 2.75) is 25.7 Å². The first-order valence-electron chi connectivity index (χ1n) is 10.1. The maximum absolute atomic E-state index is 12.9. The van der Waals surface area contributed by atoms with Crippen LogP contribution in [0.5, 0.6) is 5.75 Å². The highest BCUT2D eigenvalue weighted by molar-refractivity contribution is 7.09. The van der Waals surface area contributed by atoms with Gasteiger partial charge in [0, 0.05) is 55.8 Å². The largest absolute Gasteiger partial charge is 0.573 e. The van der Waals surface area contributed by atoms with Crippen molar-refractivity contribution in [1.29, 1.82) is 0 Å². The number of carbonyl (C=O) groups is 2. The molecule has 7 nitrogen and oxygen atoms in total. The number of hydrogen-bond acceptors (Lipinski definition) is 6. The molecule has 3 aromatic rings. The molecule has 0 radical (unpaired) electrons. The van der Waals surface area contributed by atoms with E-state index in [1.165, 1.54) is 46.7 Å². The van der Waals surface area contributed by atoms with Gasteiger partial charge < -0.3 is 9.64 Å². The molecule has 0 spiro atoms. The Bertz CT molecular complexity index is 1120. The zero-order valence-corrected chi connectivity index (χ0v) is 18.1. The molecule has 0 atom stereocenters. The van der Waals surface area contributed by atoms with Crippen LogP contribution in [-0.2, 0) is 13.0 Å². The smallest absolute Gasteiger partial charge is 0.406 e. The van der Waals surface area contributed by atoms with Crippen molar-refractivity contribution in [3.8, 4) is 5.75 Å². The molecule has 2 amide bonds. The Hall–Kier alpha value is -3.47. The number of nitrogens with zero attached hydrogens (tertiary/aromatic N) is 4. The molecule has 0 N–H and O–H groups in total. The molecule has 0 saturated carbocycles. The first-order chi connectivity index (χ1) is 15.8. The molecule has 1 fully saturated rings. The summed E-state index contributed by atoms with van der Waals surface area (Å²) in [6, 6.07) is 8.33. The number of anilines is 1. The van der Waals surface area contributed by atoms with E-state index < -0.39 is 6.36 Å². The quantitative estimate of drug-likeness (QED) is 0.441. The van der Waals surface area contributed by atoms with E-state index in [0.717, 1.165) is 5.01 Å². The molecular weight excluding hydrogens is 457 g/mol. The molecule has 1 aromatic carbocycles. The van der Waals surface area contributed by atoms with Crippen LogP contribution in [0.25, 0.3) is 0 Å². The molecule has 2 aromatic heterocycles. The third-order valence-electron chi connectivity index (χ3n) is 5.02. The molecule has 1 saturated heterocycles. The summed E-state index contributed by atoms with van der Waals surface area (Å²) in [7, 11) is 0. The highest BCUT2D eigenvalue weighted by Gasteiger charge is 2.32. The van der Waals surface area contributed by atoms with Crippen molar-refractivity contribution in [3.05, 3.63) is 70.3 Å². The van der Waals surface area contributed by atoms with Gasteiger partial charge in [-0.1, -0.05) is 12.1 Å². The molecule has 4 rings (SSSR count). The van der Waals surface area contributed by atoms with E-state index >= 15 is 0 Å². The first-order valence-corrected chi connectivity index (χ1v) is 11.0. The molecule has 0 aliphatic carbocycles. The van der Waals surface area contributed by atoms with Crippen molar-refractivity contribution in [3.63, 3.8) is 0 Å². The summed E-state index contributed by atoms with van der Waals surface area (Å²) in [4.78, 5) is 36.9. The maximum atomic E-state index is 12.9.